The van der Waals surface area contributed by atoms with E-state index in [9.17, 15) is 4.79 Å². The number of ether oxygens (including phenoxy) is 2. The van der Waals surface area contributed by atoms with E-state index in [1.807, 2.05) is 24.3 Å². The van der Waals surface area contributed by atoms with Crippen molar-refractivity contribution in [3.05, 3.63) is 53.9 Å². The number of carbonyl (C=O) groups is 1. The summed E-state index contributed by atoms with van der Waals surface area (Å²) < 4.78 is 10.5. The number of carbonyl (C=O) groups excluding carboxylic acids is 1. The second-order valence-electron chi connectivity index (χ2n) is 5.17. The predicted molar refractivity (Wildman–Crippen MR) is 91.8 cm³/mol. The lowest BCUT2D eigenvalue weighted by atomic mass is 10.2. The minimum Gasteiger partial charge on any atom is -0.497 e. The lowest BCUT2D eigenvalue weighted by molar-refractivity contribution is 0.102. The average molecular weight is 323 g/mol. The molecule has 6 nitrogen and oxygen atoms in total. The lowest BCUT2D eigenvalue weighted by Crippen LogP contribution is -2.17. The number of aromatic nitrogens is 2. The summed E-state index contributed by atoms with van der Waals surface area (Å²) in [6.45, 7) is 1.76. The SMILES string of the molecule is COc1ccc(OC)c(NC(=O)c2nc3ccccc3nc2C)c1. The molecule has 3 aromatic rings. The molecule has 0 aliphatic rings. The Bertz CT molecular complexity index is 909. The molecule has 0 unspecified atom stereocenters. The first kappa shape index (κ1) is 15.7. The molecule has 2 aromatic carbocycles. The average Bonchev–Trinajstić information content (AvgIpc) is 2.60. The summed E-state index contributed by atoms with van der Waals surface area (Å²) in [4.78, 5) is 21.5. The molecule has 0 radical (unpaired) electrons. The number of fused-ring (bicyclic) bond motifs is 1. The van der Waals surface area contributed by atoms with Crippen LogP contribution in [-0.2, 0) is 0 Å². The molecule has 0 bridgehead atoms. The molecule has 0 saturated heterocycles. The Hall–Kier alpha value is -3.15. The van der Waals surface area contributed by atoms with Crippen molar-refractivity contribution >= 4 is 22.6 Å². The van der Waals surface area contributed by atoms with Gasteiger partial charge < -0.3 is 14.8 Å². The Kier molecular flexibility index (Phi) is 4.29. The van der Waals surface area contributed by atoms with Gasteiger partial charge in [-0.25, -0.2) is 9.97 Å². The molecule has 0 atom stereocenters. The predicted octanol–water partition coefficient (Wildman–Crippen LogP) is 3.21. The van der Waals surface area contributed by atoms with E-state index in [1.54, 1.807) is 39.3 Å². The van der Waals surface area contributed by atoms with Crippen LogP contribution in [0.25, 0.3) is 11.0 Å². The number of hydrogen-bond donors (Lipinski definition) is 1. The molecule has 122 valence electrons. The van der Waals surface area contributed by atoms with Crippen LogP contribution < -0.4 is 14.8 Å². The normalized spacial score (nSPS) is 10.5. The molecule has 0 fully saturated rings. The number of nitrogens with one attached hydrogen (secondary N) is 1. The van der Waals surface area contributed by atoms with E-state index >= 15 is 0 Å². The Morgan fingerprint density at radius 1 is 1.00 bits per heavy atom. The lowest BCUT2D eigenvalue weighted by Gasteiger charge is -2.12. The van der Waals surface area contributed by atoms with Crippen LogP contribution in [0.5, 0.6) is 11.5 Å². The van der Waals surface area contributed by atoms with Crippen LogP contribution in [0, 0.1) is 6.92 Å². The maximum Gasteiger partial charge on any atom is 0.276 e. The molecule has 1 amide bonds. The van der Waals surface area contributed by atoms with Gasteiger partial charge in [0, 0.05) is 6.07 Å². The molecule has 0 saturated carbocycles. The van der Waals surface area contributed by atoms with E-state index in [4.69, 9.17) is 9.47 Å². The zero-order valence-corrected chi connectivity index (χ0v) is 13.7. The van der Waals surface area contributed by atoms with Crippen molar-refractivity contribution in [2.24, 2.45) is 0 Å². The number of anilines is 1. The molecule has 24 heavy (non-hydrogen) atoms. The molecular weight excluding hydrogens is 306 g/mol. The molecule has 1 aromatic heterocycles. The number of nitrogens with zero attached hydrogens (tertiary/aromatic N) is 2. The van der Waals surface area contributed by atoms with Gasteiger partial charge in [-0.3, -0.25) is 4.79 Å². The standard InChI is InChI=1S/C18H17N3O3/c1-11-17(20-14-7-5-4-6-13(14)19-11)18(22)21-15-10-12(23-2)8-9-16(15)24-3/h4-10H,1-3H3,(H,21,22). The minimum atomic E-state index is -0.350. The topological polar surface area (TPSA) is 73.3 Å². The molecule has 0 aliphatic heterocycles. The summed E-state index contributed by atoms with van der Waals surface area (Å²) in [5.74, 6) is 0.806. The van der Waals surface area contributed by atoms with Crippen molar-refractivity contribution in [2.45, 2.75) is 6.92 Å². The number of methoxy groups -OCH3 is 2. The fraction of sp³-hybridized carbons (Fsp3) is 0.167. The number of rotatable bonds is 4. The molecule has 6 heteroatoms. The summed E-state index contributed by atoms with van der Waals surface area (Å²) in [7, 11) is 3.10. The molecule has 0 aliphatic carbocycles. The highest BCUT2D eigenvalue weighted by Gasteiger charge is 2.16. The Labute approximate surface area is 139 Å². The van der Waals surface area contributed by atoms with Crippen LogP contribution in [-0.4, -0.2) is 30.1 Å². The Balaban J connectivity index is 1.97. The van der Waals surface area contributed by atoms with Crippen LogP contribution in [0.3, 0.4) is 0 Å². The van der Waals surface area contributed by atoms with Gasteiger partial charge in [0.1, 0.15) is 17.2 Å². The van der Waals surface area contributed by atoms with Gasteiger partial charge in [0.2, 0.25) is 0 Å². The zero-order chi connectivity index (χ0) is 17.1. The molecular formula is C18H17N3O3. The van der Waals surface area contributed by atoms with Gasteiger partial charge in [0.15, 0.2) is 0 Å². The number of benzene rings is 2. The summed E-state index contributed by atoms with van der Waals surface area (Å²) in [5, 5.41) is 2.81. The van der Waals surface area contributed by atoms with Gasteiger partial charge >= 0.3 is 0 Å². The fourth-order valence-electron chi connectivity index (χ4n) is 2.40. The van der Waals surface area contributed by atoms with Gasteiger partial charge in [0.05, 0.1) is 36.6 Å². The highest BCUT2D eigenvalue weighted by molar-refractivity contribution is 6.05. The second-order valence-corrected chi connectivity index (χ2v) is 5.17. The number of amides is 1. The molecule has 1 heterocycles. The van der Waals surface area contributed by atoms with Crippen molar-refractivity contribution in [3.8, 4) is 11.5 Å². The monoisotopic (exact) mass is 323 g/mol. The molecule has 3 rings (SSSR count). The van der Waals surface area contributed by atoms with Crippen molar-refractivity contribution in [3.63, 3.8) is 0 Å². The first-order valence-corrected chi connectivity index (χ1v) is 7.39. The highest BCUT2D eigenvalue weighted by atomic mass is 16.5. The highest BCUT2D eigenvalue weighted by Crippen LogP contribution is 2.29. The number of para-hydroxylation sites is 2. The summed E-state index contributed by atoms with van der Waals surface area (Å²) in [5.41, 5.74) is 2.78. The number of hydrogen-bond acceptors (Lipinski definition) is 5. The van der Waals surface area contributed by atoms with Crippen LogP contribution in [0.2, 0.25) is 0 Å². The quantitative estimate of drug-likeness (QED) is 0.798. The van der Waals surface area contributed by atoms with Crippen LogP contribution in [0.15, 0.2) is 42.5 Å². The van der Waals surface area contributed by atoms with Crippen molar-refractivity contribution in [1.82, 2.24) is 9.97 Å². The summed E-state index contributed by atoms with van der Waals surface area (Å²) >= 11 is 0. The summed E-state index contributed by atoms with van der Waals surface area (Å²) in [6, 6.07) is 12.6. The molecule has 1 N–H and O–H groups in total. The van der Waals surface area contributed by atoms with E-state index in [0.29, 0.717) is 28.4 Å². The van der Waals surface area contributed by atoms with Crippen LogP contribution >= 0.6 is 0 Å². The van der Waals surface area contributed by atoms with E-state index < -0.39 is 0 Å². The third-order valence-electron chi connectivity index (χ3n) is 3.61. The van der Waals surface area contributed by atoms with Gasteiger partial charge in [0.25, 0.3) is 5.91 Å². The van der Waals surface area contributed by atoms with Crippen LogP contribution in [0.4, 0.5) is 5.69 Å². The first-order valence-electron chi connectivity index (χ1n) is 7.39. The zero-order valence-electron chi connectivity index (χ0n) is 13.7. The van der Waals surface area contributed by atoms with E-state index in [0.717, 1.165) is 5.52 Å². The third kappa shape index (κ3) is 2.99. The van der Waals surface area contributed by atoms with Crippen LogP contribution in [0.1, 0.15) is 16.2 Å². The third-order valence-corrected chi connectivity index (χ3v) is 3.61. The molecule has 0 spiro atoms. The van der Waals surface area contributed by atoms with Gasteiger partial charge in [-0.1, -0.05) is 12.1 Å². The summed E-state index contributed by atoms with van der Waals surface area (Å²) in [6.07, 6.45) is 0. The maximum atomic E-state index is 12.6. The van der Waals surface area contributed by atoms with E-state index in [1.165, 1.54) is 0 Å². The largest absolute Gasteiger partial charge is 0.497 e. The maximum absolute atomic E-state index is 12.6. The first-order chi connectivity index (χ1) is 11.6. The fourth-order valence-corrected chi connectivity index (χ4v) is 2.40. The Morgan fingerprint density at radius 3 is 2.38 bits per heavy atom. The van der Waals surface area contributed by atoms with E-state index in [2.05, 4.69) is 15.3 Å². The van der Waals surface area contributed by atoms with Crippen molar-refractivity contribution in [1.29, 1.82) is 0 Å². The van der Waals surface area contributed by atoms with Crippen molar-refractivity contribution in [2.75, 3.05) is 19.5 Å². The van der Waals surface area contributed by atoms with Gasteiger partial charge in [-0.05, 0) is 31.2 Å². The smallest absolute Gasteiger partial charge is 0.276 e. The van der Waals surface area contributed by atoms with Gasteiger partial charge in [-0.2, -0.15) is 0 Å². The Morgan fingerprint density at radius 2 is 1.71 bits per heavy atom. The van der Waals surface area contributed by atoms with Crippen molar-refractivity contribution < 1.29 is 14.3 Å². The number of aryl methyl sites for hydroxylation is 1. The van der Waals surface area contributed by atoms with Gasteiger partial charge in [-0.15, -0.1) is 0 Å². The second kappa shape index (κ2) is 6.54. The minimum absolute atomic E-state index is 0.276. The van der Waals surface area contributed by atoms with E-state index in [-0.39, 0.29) is 11.6 Å².